The molecule has 3 nitrogen and oxygen atoms in total. The molecular weight excluding hydrogens is 200 g/mol. The van der Waals surface area contributed by atoms with Gasteiger partial charge in [0.05, 0.1) is 11.9 Å². The molecule has 1 aliphatic rings. The maximum atomic E-state index is 5.77. The molecule has 3 rings (SSSR count). The van der Waals surface area contributed by atoms with Crippen molar-refractivity contribution >= 4 is 0 Å². The molecule has 0 saturated carbocycles. The Balaban J connectivity index is 2.25. The standard InChI is InChI=1S/C13H16N2O/c1-3-10-8-14-15-6-4-5-12-11(13(10)15)7-9(2)16-12/h7-8H,3-6H2,1-2H3. The Labute approximate surface area is 95.1 Å². The van der Waals surface area contributed by atoms with Crippen LogP contribution >= 0.6 is 0 Å². The highest BCUT2D eigenvalue weighted by Crippen LogP contribution is 2.33. The number of hydrogen-bond donors (Lipinski definition) is 0. The third-order valence-corrected chi connectivity index (χ3v) is 3.26. The maximum absolute atomic E-state index is 5.77. The lowest BCUT2D eigenvalue weighted by Gasteiger charge is -2.03. The van der Waals surface area contributed by atoms with Gasteiger partial charge in [-0.3, -0.25) is 4.68 Å². The van der Waals surface area contributed by atoms with Crippen LogP contribution in [0.3, 0.4) is 0 Å². The molecule has 0 saturated heterocycles. The first-order valence-electron chi connectivity index (χ1n) is 5.94. The lowest BCUT2D eigenvalue weighted by atomic mass is 10.1. The zero-order chi connectivity index (χ0) is 11.1. The highest BCUT2D eigenvalue weighted by atomic mass is 16.3. The van der Waals surface area contributed by atoms with Crippen LogP contribution in [0.15, 0.2) is 16.7 Å². The van der Waals surface area contributed by atoms with Crippen molar-refractivity contribution in [3.63, 3.8) is 0 Å². The molecule has 3 heteroatoms. The Hall–Kier alpha value is -1.51. The van der Waals surface area contributed by atoms with Crippen molar-refractivity contribution in [1.82, 2.24) is 9.78 Å². The van der Waals surface area contributed by atoms with E-state index >= 15 is 0 Å². The zero-order valence-electron chi connectivity index (χ0n) is 9.79. The van der Waals surface area contributed by atoms with E-state index in [1.165, 1.54) is 16.8 Å². The molecule has 0 aromatic carbocycles. The minimum Gasteiger partial charge on any atom is -0.466 e. The third kappa shape index (κ3) is 1.31. The van der Waals surface area contributed by atoms with Crippen molar-refractivity contribution in [3.05, 3.63) is 29.3 Å². The van der Waals surface area contributed by atoms with Gasteiger partial charge in [0.15, 0.2) is 0 Å². The second kappa shape index (κ2) is 3.51. The van der Waals surface area contributed by atoms with E-state index in [-0.39, 0.29) is 0 Å². The first kappa shape index (κ1) is 9.70. The molecule has 2 aromatic rings. The monoisotopic (exact) mass is 216 g/mol. The molecule has 1 aliphatic heterocycles. The predicted octanol–water partition coefficient (Wildman–Crippen LogP) is 2.96. The molecule has 2 aromatic heterocycles. The van der Waals surface area contributed by atoms with Crippen molar-refractivity contribution < 1.29 is 4.42 Å². The predicted molar refractivity (Wildman–Crippen MR) is 62.4 cm³/mol. The van der Waals surface area contributed by atoms with Crippen molar-refractivity contribution in [2.75, 3.05) is 0 Å². The SMILES string of the molecule is CCc1cnn2c1-c1cc(C)oc1CCC2. The van der Waals surface area contributed by atoms with Crippen LogP contribution < -0.4 is 0 Å². The number of rotatable bonds is 1. The summed E-state index contributed by atoms with van der Waals surface area (Å²) >= 11 is 0. The van der Waals surface area contributed by atoms with Crippen LogP contribution in [-0.4, -0.2) is 9.78 Å². The second-order valence-corrected chi connectivity index (χ2v) is 4.39. The van der Waals surface area contributed by atoms with Gasteiger partial charge in [0, 0.05) is 18.5 Å². The molecule has 0 spiro atoms. The summed E-state index contributed by atoms with van der Waals surface area (Å²) in [5.74, 6) is 2.13. The molecule has 3 heterocycles. The minimum absolute atomic E-state index is 0.999. The highest BCUT2D eigenvalue weighted by Gasteiger charge is 2.21. The normalized spacial score (nSPS) is 14.4. The quantitative estimate of drug-likeness (QED) is 0.733. The minimum atomic E-state index is 0.999. The molecule has 0 N–H and O–H groups in total. The number of aryl methyl sites for hydroxylation is 4. The Kier molecular flexibility index (Phi) is 2.13. The summed E-state index contributed by atoms with van der Waals surface area (Å²) in [5, 5.41) is 4.47. The first-order valence-corrected chi connectivity index (χ1v) is 5.94. The van der Waals surface area contributed by atoms with E-state index in [0.717, 1.165) is 37.3 Å². The van der Waals surface area contributed by atoms with Crippen LogP contribution in [0.25, 0.3) is 11.3 Å². The van der Waals surface area contributed by atoms with Crippen molar-refractivity contribution in [3.8, 4) is 11.3 Å². The molecule has 0 unspecified atom stereocenters. The van der Waals surface area contributed by atoms with Crippen LogP contribution in [0.1, 0.15) is 30.4 Å². The van der Waals surface area contributed by atoms with E-state index in [1.807, 2.05) is 13.1 Å². The van der Waals surface area contributed by atoms with Gasteiger partial charge in [0.1, 0.15) is 11.5 Å². The summed E-state index contributed by atoms with van der Waals surface area (Å²) < 4.78 is 7.90. The Bertz CT molecular complexity index is 522. The van der Waals surface area contributed by atoms with Gasteiger partial charge in [-0.05, 0) is 31.4 Å². The summed E-state index contributed by atoms with van der Waals surface area (Å²) in [6, 6.07) is 2.15. The van der Waals surface area contributed by atoms with Gasteiger partial charge in [-0.1, -0.05) is 6.92 Å². The van der Waals surface area contributed by atoms with Gasteiger partial charge >= 0.3 is 0 Å². The molecule has 0 aliphatic carbocycles. The van der Waals surface area contributed by atoms with Crippen molar-refractivity contribution in [2.45, 2.75) is 39.7 Å². The second-order valence-electron chi connectivity index (χ2n) is 4.39. The molecular formula is C13H16N2O. The van der Waals surface area contributed by atoms with Crippen LogP contribution in [0.2, 0.25) is 0 Å². The summed E-state index contributed by atoms with van der Waals surface area (Å²) in [7, 11) is 0. The topological polar surface area (TPSA) is 31.0 Å². The summed E-state index contributed by atoms with van der Waals surface area (Å²) in [4.78, 5) is 0. The van der Waals surface area contributed by atoms with Crippen LogP contribution in [0.5, 0.6) is 0 Å². The average molecular weight is 216 g/mol. The molecule has 0 atom stereocenters. The Morgan fingerprint density at radius 1 is 1.50 bits per heavy atom. The van der Waals surface area contributed by atoms with Crippen LogP contribution in [0.4, 0.5) is 0 Å². The van der Waals surface area contributed by atoms with Gasteiger partial charge in [-0.2, -0.15) is 5.10 Å². The van der Waals surface area contributed by atoms with Gasteiger partial charge in [0.25, 0.3) is 0 Å². The molecule has 0 radical (unpaired) electrons. The van der Waals surface area contributed by atoms with Crippen LogP contribution in [-0.2, 0) is 19.4 Å². The molecule has 0 bridgehead atoms. The summed E-state index contributed by atoms with van der Waals surface area (Å²) in [6.07, 6.45) is 5.15. The molecule has 84 valence electrons. The smallest absolute Gasteiger partial charge is 0.113 e. The molecule has 16 heavy (non-hydrogen) atoms. The summed E-state index contributed by atoms with van der Waals surface area (Å²) in [5.41, 5.74) is 3.85. The lowest BCUT2D eigenvalue weighted by Crippen LogP contribution is -2.00. The zero-order valence-corrected chi connectivity index (χ0v) is 9.79. The van der Waals surface area contributed by atoms with E-state index in [0.29, 0.717) is 0 Å². The Morgan fingerprint density at radius 2 is 2.38 bits per heavy atom. The van der Waals surface area contributed by atoms with Gasteiger partial charge in [-0.15, -0.1) is 0 Å². The van der Waals surface area contributed by atoms with Crippen LogP contribution in [0, 0.1) is 6.92 Å². The molecule has 0 amide bonds. The van der Waals surface area contributed by atoms with Crippen molar-refractivity contribution in [2.24, 2.45) is 0 Å². The fourth-order valence-corrected chi connectivity index (χ4v) is 2.50. The summed E-state index contributed by atoms with van der Waals surface area (Å²) in [6.45, 7) is 5.19. The third-order valence-electron chi connectivity index (χ3n) is 3.26. The van der Waals surface area contributed by atoms with E-state index in [1.54, 1.807) is 0 Å². The van der Waals surface area contributed by atoms with Gasteiger partial charge in [0.2, 0.25) is 0 Å². The van der Waals surface area contributed by atoms with Gasteiger partial charge in [-0.25, -0.2) is 0 Å². The van der Waals surface area contributed by atoms with E-state index in [4.69, 9.17) is 4.42 Å². The lowest BCUT2D eigenvalue weighted by molar-refractivity contribution is 0.471. The maximum Gasteiger partial charge on any atom is 0.113 e. The fourth-order valence-electron chi connectivity index (χ4n) is 2.50. The number of aromatic nitrogens is 2. The number of fused-ring (bicyclic) bond motifs is 3. The highest BCUT2D eigenvalue weighted by molar-refractivity contribution is 5.66. The van der Waals surface area contributed by atoms with Gasteiger partial charge < -0.3 is 4.42 Å². The largest absolute Gasteiger partial charge is 0.466 e. The van der Waals surface area contributed by atoms with E-state index < -0.39 is 0 Å². The van der Waals surface area contributed by atoms with E-state index in [9.17, 15) is 0 Å². The molecule has 0 fully saturated rings. The average Bonchev–Trinajstić information content (AvgIpc) is 2.79. The van der Waals surface area contributed by atoms with E-state index in [2.05, 4.69) is 22.8 Å². The van der Waals surface area contributed by atoms with Crippen molar-refractivity contribution in [1.29, 1.82) is 0 Å². The number of hydrogen-bond acceptors (Lipinski definition) is 2. The Morgan fingerprint density at radius 3 is 3.19 bits per heavy atom. The number of nitrogens with zero attached hydrogens (tertiary/aromatic N) is 2. The first-order chi connectivity index (χ1) is 7.79. The fraction of sp³-hybridized carbons (Fsp3) is 0.462. The number of furan rings is 1.